The minimum absolute atomic E-state index is 0.0512. The zero-order valence-electron chi connectivity index (χ0n) is 27.7. The van der Waals surface area contributed by atoms with Crippen LogP contribution in [-0.4, -0.2) is 89.3 Å². The lowest BCUT2D eigenvalue weighted by Crippen LogP contribution is -2.57. The van der Waals surface area contributed by atoms with Crippen molar-refractivity contribution >= 4 is 23.4 Å². The first-order valence-electron chi connectivity index (χ1n) is 16.8. The smallest absolute Gasteiger partial charge is 0.248 e. The van der Waals surface area contributed by atoms with Crippen molar-refractivity contribution in [2.75, 3.05) is 44.3 Å². The van der Waals surface area contributed by atoms with Gasteiger partial charge in [0.1, 0.15) is 17.4 Å². The highest BCUT2D eigenvalue weighted by Gasteiger charge is 2.80. The Balaban J connectivity index is 1.75. The van der Waals surface area contributed by atoms with E-state index in [1.807, 2.05) is 38.1 Å². The van der Waals surface area contributed by atoms with Crippen LogP contribution in [0.15, 0.2) is 49.6 Å². The second-order valence-corrected chi connectivity index (χ2v) is 13.0. The first-order chi connectivity index (χ1) is 21.6. The van der Waals surface area contributed by atoms with Crippen LogP contribution in [0.3, 0.4) is 0 Å². The Hall–Kier alpha value is -3.17. The summed E-state index contributed by atoms with van der Waals surface area (Å²) >= 11 is 0. The molecule has 1 N–H and O–H groups in total. The van der Waals surface area contributed by atoms with E-state index in [1.165, 1.54) is 0 Å². The van der Waals surface area contributed by atoms with Crippen molar-refractivity contribution in [2.45, 2.75) is 89.9 Å². The molecule has 4 rings (SSSR count). The first-order valence-corrected chi connectivity index (χ1v) is 16.8. The fourth-order valence-corrected chi connectivity index (χ4v) is 7.86. The molecule has 6 atom stereocenters. The molecular formula is C36H53N3O6. The number of amides is 3. The number of carbonyl (C=O) groups is 3. The minimum atomic E-state index is -1.10. The first kappa shape index (κ1) is 34.7. The number of rotatable bonds is 18. The molecule has 2 bridgehead atoms. The summed E-state index contributed by atoms with van der Waals surface area (Å²) in [5.74, 6) is -1.38. The zero-order chi connectivity index (χ0) is 32.8. The summed E-state index contributed by atoms with van der Waals surface area (Å²) in [7, 11) is 0. The number of hydrogen-bond donors (Lipinski definition) is 1. The lowest BCUT2D eigenvalue weighted by atomic mass is 9.62. The number of fused-ring (bicyclic) bond motifs is 1. The topological polar surface area (TPSA) is 99.6 Å². The predicted molar refractivity (Wildman–Crippen MR) is 176 cm³/mol. The van der Waals surface area contributed by atoms with Gasteiger partial charge in [-0.15, -0.1) is 13.2 Å². The molecule has 3 aliphatic heterocycles. The molecule has 3 fully saturated rings. The van der Waals surface area contributed by atoms with Gasteiger partial charge in [0.25, 0.3) is 0 Å². The van der Waals surface area contributed by atoms with Gasteiger partial charge in [-0.3, -0.25) is 14.4 Å². The Bertz CT molecular complexity index is 1220. The SMILES string of the molecule is C=CCN(CCCC)C(=O)C1N(CCCCCCO)C(=O)[C@@H]2[C@@H](C(=O)N(CC=C)c3ccc(OCC)cc3)[C@]3(C)OC12CC3C. The fraction of sp³-hybridized carbons (Fsp3) is 0.639. The second-order valence-electron chi connectivity index (χ2n) is 13.0. The van der Waals surface area contributed by atoms with Crippen LogP contribution >= 0.6 is 0 Å². The van der Waals surface area contributed by atoms with Crippen molar-refractivity contribution in [3.05, 3.63) is 49.6 Å². The van der Waals surface area contributed by atoms with Crippen LogP contribution in [0.1, 0.15) is 72.6 Å². The number of hydrogen-bond acceptors (Lipinski definition) is 6. The van der Waals surface area contributed by atoms with Gasteiger partial charge < -0.3 is 29.3 Å². The maximum atomic E-state index is 14.7. The number of carbonyl (C=O) groups excluding carboxylic acids is 3. The Morgan fingerprint density at radius 3 is 2.38 bits per heavy atom. The third-order valence-electron chi connectivity index (χ3n) is 10.1. The van der Waals surface area contributed by atoms with Crippen LogP contribution in [0.25, 0.3) is 0 Å². The van der Waals surface area contributed by atoms with Crippen molar-refractivity contribution in [3.63, 3.8) is 0 Å². The Morgan fingerprint density at radius 2 is 1.76 bits per heavy atom. The van der Waals surface area contributed by atoms with Gasteiger partial charge in [-0.1, -0.05) is 45.3 Å². The number of ether oxygens (including phenoxy) is 2. The van der Waals surface area contributed by atoms with Crippen LogP contribution in [0.2, 0.25) is 0 Å². The van der Waals surface area contributed by atoms with Gasteiger partial charge in [0.2, 0.25) is 17.7 Å². The summed E-state index contributed by atoms with van der Waals surface area (Å²) in [5.41, 5.74) is -1.33. The van der Waals surface area contributed by atoms with E-state index in [9.17, 15) is 19.5 Å². The highest BCUT2D eigenvalue weighted by Crippen LogP contribution is 2.65. The number of aliphatic hydroxyl groups is 1. The molecule has 1 spiro atoms. The van der Waals surface area contributed by atoms with Crippen LogP contribution in [0, 0.1) is 17.8 Å². The molecule has 45 heavy (non-hydrogen) atoms. The highest BCUT2D eigenvalue weighted by atomic mass is 16.5. The van der Waals surface area contributed by atoms with E-state index < -0.39 is 29.1 Å². The summed E-state index contributed by atoms with van der Waals surface area (Å²) in [5, 5.41) is 9.24. The molecule has 3 aliphatic rings. The molecule has 0 radical (unpaired) electrons. The van der Waals surface area contributed by atoms with Gasteiger partial charge in [0.05, 0.1) is 24.0 Å². The van der Waals surface area contributed by atoms with Gasteiger partial charge in [-0.2, -0.15) is 0 Å². The number of anilines is 1. The standard InChI is InChI=1S/C36H53N3O6/c1-7-11-22-37(20-8-2)34(43)31-36-25-26(5)35(6,45-36)29(30(36)33(42)39(31)23-14-12-13-15-24-40)32(41)38(21-9-3)27-16-18-28(19-17-27)44-10-4/h8-9,16-19,26,29-31,40H,2-3,7,10-15,20-25H2,1,4-6H3/t26?,29-,30-,31?,35+,36?/m0/s1. The molecule has 0 aliphatic carbocycles. The lowest BCUT2D eigenvalue weighted by Gasteiger charge is -2.39. The van der Waals surface area contributed by atoms with E-state index in [0.29, 0.717) is 56.9 Å². The van der Waals surface area contributed by atoms with E-state index in [2.05, 4.69) is 27.0 Å². The van der Waals surface area contributed by atoms with E-state index in [4.69, 9.17) is 9.47 Å². The van der Waals surface area contributed by atoms with Crippen LogP contribution < -0.4 is 9.64 Å². The van der Waals surface area contributed by atoms with Gasteiger partial charge in [-0.05, 0) is 69.7 Å². The van der Waals surface area contributed by atoms with Crippen LogP contribution in [0.5, 0.6) is 5.75 Å². The molecule has 1 aromatic carbocycles. The molecule has 3 amide bonds. The van der Waals surface area contributed by atoms with Crippen LogP contribution in [-0.2, 0) is 19.1 Å². The van der Waals surface area contributed by atoms with Crippen molar-refractivity contribution in [1.82, 2.24) is 9.80 Å². The van der Waals surface area contributed by atoms with E-state index in [-0.39, 0.29) is 36.8 Å². The van der Waals surface area contributed by atoms with Gasteiger partial charge in [-0.25, -0.2) is 0 Å². The largest absolute Gasteiger partial charge is 0.494 e. The van der Waals surface area contributed by atoms with Gasteiger partial charge in [0.15, 0.2) is 0 Å². The maximum absolute atomic E-state index is 14.7. The summed E-state index contributed by atoms with van der Waals surface area (Å²) in [4.78, 5) is 49.1. The number of aliphatic hydroxyl groups excluding tert-OH is 1. The number of benzene rings is 1. The number of nitrogens with zero attached hydrogens (tertiary/aromatic N) is 3. The molecule has 3 unspecified atom stereocenters. The Morgan fingerprint density at radius 1 is 1.07 bits per heavy atom. The van der Waals surface area contributed by atoms with Crippen LogP contribution in [0.4, 0.5) is 5.69 Å². The van der Waals surface area contributed by atoms with Gasteiger partial charge in [0, 0.05) is 38.5 Å². The van der Waals surface area contributed by atoms with Crippen molar-refractivity contribution in [1.29, 1.82) is 0 Å². The third kappa shape index (κ3) is 6.43. The highest BCUT2D eigenvalue weighted by molar-refractivity contribution is 6.03. The second kappa shape index (κ2) is 14.9. The quantitative estimate of drug-likeness (QED) is 0.183. The number of likely N-dealkylation sites (tertiary alicyclic amines) is 1. The molecule has 0 saturated carbocycles. The van der Waals surface area contributed by atoms with E-state index in [1.54, 1.807) is 26.9 Å². The fourth-order valence-electron chi connectivity index (χ4n) is 7.86. The summed E-state index contributed by atoms with van der Waals surface area (Å²) < 4.78 is 12.6. The molecule has 9 heteroatoms. The van der Waals surface area contributed by atoms with E-state index in [0.717, 1.165) is 25.7 Å². The van der Waals surface area contributed by atoms with Crippen molar-refractivity contribution in [2.24, 2.45) is 17.8 Å². The monoisotopic (exact) mass is 623 g/mol. The molecule has 248 valence electrons. The Kier molecular flexibility index (Phi) is 11.5. The lowest BCUT2D eigenvalue weighted by molar-refractivity contribution is -0.152. The molecule has 3 saturated heterocycles. The summed E-state index contributed by atoms with van der Waals surface area (Å²) in [6.45, 7) is 18.1. The van der Waals surface area contributed by atoms with Crippen molar-refractivity contribution < 1.29 is 29.0 Å². The average Bonchev–Trinajstić information content (AvgIpc) is 3.54. The predicted octanol–water partition coefficient (Wildman–Crippen LogP) is 4.98. The maximum Gasteiger partial charge on any atom is 0.248 e. The van der Waals surface area contributed by atoms with E-state index >= 15 is 0 Å². The molecule has 9 nitrogen and oxygen atoms in total. The molecule has 0 aromatic heterocycles. The molecule has 3 heterocycles. The number of unbranched alkanes of at least 4 members (excludes halogenated alkanes) is 4. The average molecular weight is 624 g/mol. The Labute approximate surface area is 269 Å². The normalized spacial score (nSPS) is 28.2. The zero-order valence-corrected chi connectivity index (χ0v) is 27.7. The summed E-state index contributed by atoms with van der Waals surface area (Å²) in [6, 6.07) is 6.56. The molecule has 1 aromatic rings. The third-order valence-corrected chi connectivity index (χ3v) is 10.1. The summed E-state index contributed by atoms with van der Waals surface area (Å²) in [6.07, 6.45) is 8.79. The molecular weight excluding hydrogens is 570 g/mol. The van der Waals surface area contributed by atoms with Crippen molar-refractivity contribution in [3.8, 4) is 5.75 Å². The van der Waals surface area contributed by atoms with Gasteiger partial charge >= 0.3 is 0 Å². The minimum Gasteiger partial charge on any atom is -0.494 e.